The van der Waals surface area contributed by atoms with Crippen LogP contribution < -0.4 is 10.6 Å². The van der Waals surface area contributed by atoms with E-state index in [0.29, 0.717) is 17.9 Å². The van der Waals surface area contributed by atoms with Crippen LogP contribution in [0, 0.1) is 0 Å². The van der Waals surface area contributed by atoms with Crippen molar-refractivity contribution in [3.63, 3.8) is 0 Å². The van der Waals surface area contributed by atoms with Crippen LogP contribution in [0.1, 0.15) is 111 Å². The third kappa shape index (κ3) is 17.7. The highest BCUT2D eigenvalue weighted by atomic mass is 16.6. The molecule has 0 radical (unpaired) electrons. The maximum Gasteiger partial charge on any atom is 0.436 e. The Bertz CT molecular complexity index is 1330. The average molecular weight is 707 g/mol. The molecule has 2 N–H and O–H groups in total. The van der Waals surface area contributed by atoms with Gasteiger partial charge in [0.2, 0.25) is 5.91 Å². The molecule has 0 heterocycles. The van der Waals surface area contributed by atoms with E-state index in [-0.39, 0.29) is 30.9 Å². The zero-order chi connectivity index (χ0) is 38.3. The van der Waals surface area contributed by atoms with E-state index in [0.717, 1.165) is 12.8 Å². The van der Waals surface area contributed by atoms with Gasteiger partial charge in [-0.3, -0.25) is 9.59 Å². The van der Waals surface area contributed by atoms with Gasteiger partial charge >= 0.3 is 24.2 Å². The van der Waals surface area contributed by atoms with Gasteiger partial charge in [-0.2, -0.15) is 9.89 Å². The summed E-state index contributed by atoms with van der Waals surface area (Å²) in [5.74, 6) is -1.93. The lowest BCUT2D eigenvalue weighted by molar-refractivity contribution is -0.149. The molecule has 280 valence electrons. The average Bonchev–Trinajstić information content (AvgIpc) is 2.95. The van der Waals surface area contributed by atoms with Crippen molar-refractivity contribution in [2.75, 3.05) is 26.4 Å². The summed E-state index contributed by atoms with van der Waals surface area (Å²) in [5, 5.41) is 5.29. The molecule has 0 unspecified atom stereocenters. The van der Waals surface area contributed by atoms with E-state index in [9.17, 15) is 28.8 Å². The number of imide groups is 1. The maximum atomic E-state index is 13.4. The quantitative estimate of drug-likeness (QED) is 0.0864. The SMILES string of the molecule is CCCCOC(=O)COCCCNC(=O)[C@H](C)NC(=O)c1ccc(/C(=N/C(=O)OC(C)(C)C)N(C(=O)OC(C)(C)C)C(=O)OC(C)(C)C)cc1. The molecule has 0 saturated heterocycles. The first kappa shape index (κ1) is 43.5. The highest BCUT2D eigenvalue weighted by Gasteiger charge is 2.36. The second-order valence-electron chi connectivity index (χ2n) is 14.3. The summed E-state index contributed by atoms with van der Waals surface area (Å²) in [5.41, 5.74) is -2.81. The number of rotatable bonds is 13. The summed E-state index contributed by atoms with van der Waals surface area (Å²) in [6.45, 7) is 18.6. The van der Waals surface area contributed by atoms with Gasteiger partial charge in [-0.15, -0.1) is 0 Å². The minimum absolute atomic E-state index is 0.0753. The lowest BCUT2D eigenvalue weighted by Crippen LogP contribution is -2.47. The second-order valence-corrected chi connectivity index (χ2v) is 14.3. The number of hydrogen-bond acceptors (Lipinski definition) is 11. The topological polar surface area (TPSA) is 188 Å². The lowest BCUT2D eigenvalue weighted by atomic mass is 10.1. The van der Waals surface area contributed by atoms with E-state index in [1.807, 2.05) is 6.92 Å². The summed E-state index contributed by atoms with van der Waals surface area (Å²) in [7, 11) is 0. The Labute approximate surface area is 294 Å². The number of unbranched alkanes of at least 4 members (excludes halogenated alkanes) is 1. The Balaban J connectivity index is 3.11. The van der Waals surface area contributed by atoms with Crippen LogP contribution in [0.25, 0.3) is 0 Å². The van der Waals surface area contributed by atoms with Crippen LogP contribution in [0.3, 0.4) is 0 Å². The van der Waals surface area contributed by atoms with Crippen molar-refractivity contribution in [1.82, 2.24) is 15.5 Å². The van der Waals surface area contributed by atoms with E-state index in [1.165, 1.54) is 31.2 Å². The normalized spacial score (nSPS) is 12.7. The second kappa shape index (κ2) is 19.6. The first-order valence-electron chi connectivity index (χ1n) is 16.5. The fourth-order valence-electron chi connectivity index (χ4n) is 3.66. The molecule has 50 heavy (non-hydrogen) atoms. The molecule has 0 aliphatic rings. The summed E-state index contributed by atoms with van der Waals surface area (Å²) in [6, 6.07) is 4.56. The van der Waals surface area contributed by atoms with E-state index in [4.69, 9.17) is 23.7 Å². The zero-order valence-electron chi connectivity index (χ0n) is 31.2. The molecule has 15 heteroatoms. The molecule has 1 aromatic carbocycles. The molecule has 0 bridgehead atoms. The number of nitrogens with zero attached hydrogens (tertiary/aromatic N) is 2. The summed E-state index contributed by atoms with van der Waals surface area (Å²) < 4.78 is 26.5. The van der Waals surface area contributed by atoms with E-state index >= 15 is 0 Å². The largest absolute Gasteiger partial charge is 0.464 e. The molecule has 0 fully saturated rings. The molecular weight excluding hydrogens is 652 g/mol. The maximum absolute atomic E-state index is 13.4. The van der Waals surface area contributed by atoms with Crippen LogP contribution >= 0.6 is 0 Å². The van der Waals surface area contributed by atoms with Crippen molar-refractivity contribution < 1.29 is 52.5 Å². The van der Waals surface area contributed by atoms with Gasteiger partial charge in [-0.25, -0.2) is 19.2 Å². The fraction of sp³-hybridized carbons (Fsp3) is 0.629. The van der Waals surface area contributed by atoms with E-state index in [2.05, 4.69) is 15.6 Å². The highest BCUT2D eigenvalue weighted by molar-refractivity contribution is 6.18. The van der Waals surface area contributed by atoms with E-state index in [1.54, 1.807) is 62.3 Å². The molecule has 1 atom stereocenters. The van der Waals surface area contributed by atoms with Crippen molar-refractivity contribution in [2.45, 2.75) is 118 Å². The van der Waals surface area contributed by atoms with Crippen LogP contribution in [0.2, 0.25) is 0 Å². The van der Waals surface area contributed by atoms with Crippen LogP contribution in [0.15, 0.2) is 29.3 Å². The first-order valence-corrected chi connectivity index (χ1v) is 16.5. The zero-order valence-corrected chi connectivity index (χ0v) is 31.2. The Morgan fingerprint density at radius 2 is 1.28 bits per heavy atom. The number of amides is 5. The van der Waals surface area contributed by atoms with Crippen molar-refractivity contribution in [1.29, 1.82) is 0 Å². The van der Waals surface area contributed by atoms with Gasteiger partial charge in [-0.1, -0.05) is 25.5 Å². The standard InChI is InChI=1S/C35H54N4O11/c1-12-13-21-47-26(40)22-46-20-14-19-36-28(41)23(2)37-29(42)25-17-15-24(16-18-25)27(38-30(43)48-33(3,4)5)39(31(44)49-34(6,7)8)32(45)50-35(9,10)11/h15-18,23H,12-14,19-22H2,1-11H3,(H,36,41)(H,37,42)/b38-27-/t23-/m0/s1. The van der Waals surface area contributed by atoms with Gasteiger partial charge in [0.25, 0.3) is 5.91 Å². The first-order chi connectivity index (χ1) is 23.0. The van der Waals surface area contributed by atoms with E-state index < -0.39 is 64.7 Å². The van der Waals surface area contributed by atoms with Gasteiger partial charge in [0, 0.05) is 24.3 Å². The molecule has 0 aromatic heterocycles. The lowest BCUT2D eigenvalue weighted by Gasteiger charge is -2.29. The minimum Gasteiger partial charge on any atom is -0.464 e. The minimum atomic E-state index is -1.16. The fourth-order valence-corrected chi connectivity index (χ4v) is 3.66. The van der Waals surface area contributed by atoms with Crippen LogP contribution in [-0.2, 0) is 33.3 Å². The molecule has 0 aliphatic carbocycles. The number of hydrogen-bond donors (Lipinski definition) is 2. The Hall–Kier alpha value is -4.53. The predicted molar refractivity (Wildman–Crippen MR) is 185 cm³/mol. The van der Waals surface area contributed by atoms with Crippen molar-refractivity contribution in [2.24, 2.45) is 4.99 Å². The molecule has 15 nitrogen and oxygen atoms in total. The van der Waals surface area contributed by atoms with Gasteiger partial charge in [0.15, 0.2) is 5.84 Å². The van der Waals surface area contributed by atoms with Gasteiger partial charge < -0.3 is 34.3 Å². The molecule has 1 rings (SSSR count). The van der Waals surface area contributed by atoms with Crippen LogP contribution in [-0.4, -0.2) is 96.0 Å². The Morgan fingerprint density at radius 1 is 0.760 bits per heavy atom. The van der Waals surface area contributed by atoms with Gasteiger partial charge in [-0.05, 0) is 94.2 Å². The van der Waals surface area contributed by atoms with Crippen molar-refractivity contribution in [3.05, 3.63) is 35.4 Å². The molecule has 0 spiro atoms. The molecule has 0 saturated carbocycles. The Morgan fingerprint density at radius 3 is 1.78 bits per heavy atom. The van der Waals surface area contributed by atoms with Crippen molar-refractivity contribution >= 4 is 41.9 Å². The number of carbonyl (C=O) groups excluding carboxylic acids is 6. The number of amidine groups is 1. The number of ether oxygens (including phenoxy) is 5. The van der Waals surface area contributed by atoms with Crippen LogP contribution in [0.4, 0.5) is 14.4 Å². The predicted octanol–water partition coefficient (Wildman–Crippen LogP) is 5.53. The number of carbonyl (C=O) groups is 6. The summed E-state index contributed by atoms with van der Waals surface area (Å²) in [4.78, 5) is 81.1. The highest BCUT2D eigenvalue weighted by Crippen LogP contribution is 2.20. The summed E-state index contributed by atoms with van der Waals surface area (Å²) in [6.07, 6.45) is -1.27. The van der Waals surface area contributed by atoms with Crippen LogP contribution in [0.5, 0.6) is 0 Å². The van der Waals surface area contributed by atoms with Gasteiger partial charge in [0.1, 0.15) is 29.5 Å². The molecule has 0 aliphatic heterocycles. The summed E-state index contributed by atoms with van der Waals surface area (Å²) >= 11 is 0. The third-order valence-electron chi connectivity index (χ3n) is 5.85. The molecule has 5 amide bonds. The number of aliphatic imine (C=N–C) groups is 1. The monoisotopic (exact) mass is 706 g/mol. The number of benzene rings is 1. The van der Waals surface area contributed by atoms with Gasteiger partial charge in [0.05, 0.1) is 6.61 Å². The molecule has 1 aromatic rings. The Kier molecular flexibility index (Phi) is 17.1. The van der Waals surface area contributed by atoms with Crippen molar-refractivity contribution in [3.8, 4) is 0 Å². The molecular formula is C35H54N4O11. The smallest absolute Gasteiger partial charge is 0.436 e. The number of esters is 1. The number of nitrogens with one attached hydrogen (secondary N) is 2. The third-order valence-corrected chi connectivity index (χ3v) is 5.85.